The van der Waals surface area contributed by atoms with Crippen LogP contribution in [0.2, 0.25) is 0 Å². The normalized spacial score (nSPS) is 10.1. The van der Waals surface area contributed by atoms with Crippen molar-refractivity contribution < 1.29 is 14.0 Å². The zero-order valence-corrected chi connectivity index (χ0v) is 10.8. The number of halogens is 1. The van der Waals surface area contributed by atoms with Gasteiger partial charge in [0.05, 0.1) is 0 Å². The fourth-order valence-electron chi connectivity index (χ4n) is 1.79. The van der Waals surface area contributed by atoms with Crippen LogP contribution >= 0.6 is 0 Å². The average Bonchev–Trinajstić information content (AvgIpc) is 2.49. The van der Waals surface area contributed by atoms with Gasteiger partial charge in [0.25, 0.3) is 5.91 Å². The molecule has 4 heteroatoms. The Morgan fingerprint density at radius 3 is 2.30 bits per heavy atom. The molecule has 0 unspecified atom stereocenters. The van der Waals surface area contributed by atoms with Gasteiger partial charge in [-0.25, -0.2) is 4.39 Å². The van der Waals surface area contributed by atoms with Gasteiger partial charge in [0.2, 0.25) is 0 Å². The van der Waals surface area contributed by atoms with Crippen LogP contribution in [0.4, 0.5) is 4.39 Å². The van der Waals surface area contributed by atoms with Crippen molar-refractivity contribution in [2.24, 2.45) is 0 Å². The summed E-state index contributed by atoms with van der Waals surface area (Å²) in [6, 6.07) is 12.6. The molecule has 0 fully saturated rings. The molecular formula is C16H14FNO2. The summed E-state index contributed by atoms with van der Waals surface area (Å²) in [4.78, 5) is 22.3. The minimum absolute atomic E-state index is 0.190. The van der Waals surface area contributed by atoms with Crippen LogP contribution < -0.4 is 5.32 Å². The van der Waals surface area contributed by atoms with Gasteiger partial charge in [0.1, 0.15) is 12.1 Å². The maximum absolute atomic E-state index is 12.7. The minimum atomic E-state index is -0.270. The van der Waals surface area contributed by atoms with Gasteiger partial charge in [0.15, 0.2) is 0 Å². The van der Waals surface area contributed by atoms with Crippen LogP contribution in [0.15, 0.2) is 48.5 Å². The molecule has 0 aliphatic rings. The Hall–Kier alpha value is -2.49. The van der Waals surface area contributed by atoms with Crippen LogP contribution in [0.1, 0.15) is 26.3 Å². The summed E-state index contributed by atoms with van der Waals surface area (Å²) in [6.07, 6.45) is 1.37. The first-order valence-electron chi connectivity index (χ1n) is 6.27. The molecule has 1 N–H and O–H groups in total. The Labute approximate surface area is 116 Å². The van der Waals surface area contributed by atoms with E-state index in [1.807, 2.05) is 0 Å². The van der Waals surface area contributed by atoms with Crippen molar-refractivity contribution in [2.75, 3.05) is 6.54 Å². The van der Waals surface area contributed by atoms with Gasteiger partial charge >= 0.3 is 0 Å². The molecule has 0 aliphatic carbocycles. The van der Waals surface area contributed by atoms with E-state index in [4.69, 9.17) is 0 Å². The van der Waals surface area contributed by atoms with E-state index >= 15 is 0 Å². The van der Waals surface area contributed by atoms with Gasteiger partial charge in [-0.1, -0.05) is 24.3 Å². The van der Waals surface area contributed by atoms with Gasteiger partial charge in [-0.2, -0.15) is 0 Å². The second-order valence-corrected chi connectivity index (χ2v) is 4.37. The summed E-state index contributed by atoms with van der Waals surface area (Å²) >= 11 is 0. The van der Waals surface area contributed by atoms with Crippen LogP contribution in [0, 0.1) is 5.82 Å². The molecule has 20 heavy (non-hydrogen) atoms. The van der Waals surface area contributed by atoms with E-state index in [0.29, 0.717) is 24.1 Å². The lowest BCUT2D eigenvalue weighted by Gasteiger charge is -2.05. The highest BCUT2D eigenvalue weighted by Crippen LogP contribution is 2.04. The van der Waals surface area contributed by atoms with Crippen molar-refractivity contribution in [3.8, 4) is 0 Å². The predicted octanol–water partition coefficient (Wildman–Crippen LogP) is 2.61. The third-order valence-corrected chi connectivity index (χ3v) is 2.92. The maximum atomic E-state index is 12.7. The molecule has 3 nitrogen and oxygen atoms in total. The van der Waals surface area contributed by atoms with E-state index in [0.717, 1.165) is 11.8 Å². The maximum Gasteiger partial charge on any atom is 0.251 e. The molecule has 0 bridgehead atoms. The molecule has 0 radical (unpaired) electrons. The largest absolute Gasteiger partial charge is 0.352 e. The lowest BCUT2D eigenvalue weighted by Crippen LogP contribution is -2.25. The van der Waals surface area contributed by atoms with Gasteiger partial charge in [-0.05, 0) is 36.2 Å². The van der Waals surface area contributed by atoms with Crippen LogP contribution in [0.5, 0.6) is 0 Å². The lowest BCUT2D eigenvalue weighted by molar-refractivity contribution is 0.0953. The number of hydrogen-bond donors (Lipinski definition) is 1. The van der Waals surface area contributed by atoms with Gasteiger partial charge < -0.3 is 5.32 Å². The average molecular weight is 271 g/mol. The highest BCUT2D eigenvalue weighted by molar-refractivity contribution is 5.94. The fourth-order valence-corrected chi connectivity index (χ4v) is 1.79. The molecule has 102 valence electrons. The monoisotopic (exact) mass is 271 g/mol. The smallest absolute Gasteiger partial charge is 0.251 e. The molecule has 0 saturated carbocycles. The highest BCUT2D eigenvalue weighted by Gasteiger charge is 2.04. The predicted molar refractivity (Wildman–Crippen MR) is 74.3 cm³/mol. The summed E-state index contributed by atoms with van der Waals surface area (Å²) in [5, 5.41) is 2.78. The number of amides is 1. The van der Waals surface area contributed by atoms with Crippen molar-refractivity contribution in [2.45, 2.75) is 6.42 Å². The Kier molecular flexibility index (Phi) is 4.60. The summed E-state index contributed by atoms with van der Waals surface area (Å²) in [6.45, 7) is 0.472. The molecule has 0 aliphatic heterocycles. The van der Waals surface area contributed by atoms with Crippen molar-refractivity contribution in [1.82, 2.24) is 5.32 Å². The second-order valence-electron chi connectivity index (χ2n) is 4.37. The third-order valence-electron chi connectivity index (χ3n) is 2.92. The quantitative estimate of drug-likeness (QED) is 0.850. The van der Waals surface area contributed by atoms with Crippen LogP contribution in [-0.4, -0.2) is 18.7 Å². The Balaban J connectivity index is 1.85. The summed E-state index contributed by atoms with van der Waals surface area (Å²) < 4.78 is 12.7. The van der Waals surface area contributed by atoms with Crippen molar-refractivity contribution in [3.05, 3.63) is 71.0 Å². The Bertz CT molecular complexity index is 591. The van der Waals surface area contributed by atoms with Gasteiger partial charge in [-0.15, -0.1) is 0 Å². The SMILES string of the molecule is O=Cc1ccc(C(=O)NCCc2ccc(F)cc2)cc1. The van der Waals surface area contributed by atoms with Crippen molar-refractivity contribution in [3.63, 3.8) is 0 Å². The van der Waals surface area contributed by atoms with E-state index < -0.39 is 0 Å². The lowest BCUT2D eigenvalue weighted by atomic mass is 10.1. The van der Waals surface area contributed by atoms with Crippen molar-refractivity contribution in [1.29, 1.82) is 0 Å². The molecule has 0 aromatic heterocycles. The third kappa shape index (κ3) is 3.75. The standard InChI is InChI=1S/C16H14FNO2/c17-15-7-3-12(4-8-15)9-10-18-16(20)14-5-1-13(11-19)2-6-14/h1-8,11H,9-10H2,(H,18,20). The van der Waals surface area contributed by atoms with Gasteiger partial charge in [0, 0.05) is 17.7 Å². The second kappa shape index (κ2) is 6.61. The topological polar surface area (TPSA) is 46.2 Å². The minimum Gasteiger partial charge on any atom is -0.352 e. The van der Waals surface area contributed by atoms with Crippen LogP contribution in [0.25, 0.3) is 0 Å². The molecule has 1 amide bonds. The Morgan fingerprint density at radius 1 is 1.05 bits per heavy atom. The first-order chi connectivity index (χ1) is 9.69. The van der Waals surface area contributed by atoms with Crippen LogP contribution in [0.3, 0.4) is 0 Å². The number of carbonyl (C=O) groups is 2. The van der Waals surface area contributed by atoms with E-state index in [2.05, 4.69) is 5.32 Å². The number of nitrogens with one attached hydrogen (secondary N) is 1. The molecular weight excluding hydrogens is 257 g/mol. The first kappa shape index (κ1) is 13.9. The summed E-state index contributed by atoms with van der Waals surface area (Å²) in [5.41, 5.74) is 2.01. The molecule has 2 aromatic rings. The molecule has 0 spiro atoms. The number of hydrogen-bond acceptors (Lipinski definition) is 2. The molecule has 2 aromatic carbocycles. The zero-order chi connectivity index (χ0) is 14.4. The van der Waals surface area contributed by atoms with E-state index in [1.165, 1.54) is 12.1 Å². The summed E-state index contributed by atoms with van der Waals surface area (Å²) in [5.74, 6) is -0.461. The first-order valence-corrected chi connectivity index (χ1v) is 6.27. The van der Waals surface area contributed by atoms with Crippen LogP contribution in [-0.2, 0) is 6.42 Å². The Morgan fingerprint density at radius 2 is 1.70 bits per heavy atom. The van der Waals surface area contributed by atoms with Gasteiger partial charge in [-0.3, -0.25) is 9.59 Å². The molecule has 2 rings (SSSR count). The van der Waals surface area contributed by atoms with Crippen molar-refractivity contribution >= 4 is 12.2 Å². The summed E-state index contributed by atoms with van der Waals surface area (Å²) in [7, 11) is 0. The fraction of sp³-hybridized carbons (Fsp3) is 0.125. The zero-order valence-electron chi connectivity index (χ0n) is 10.8. The molecule has 0 heterocycles. The van der Waals surface area contributed by atoms with E-state index in [-0.39, 0.29) is 11.7 Å². The number of carbonyl (C=O) groups excluding carboxylic acids is 2. The number of benzene rings is 2. The molecule has 0 saturated heterocycles. The molecule has 0 atom stereocenters. The number of rotatable bonds is 5. The van der Waals surface area contributed by atoms with E-state index in [9.17, 15) is 14.0 Å². The highest BCUT2D eigenvalue weighted by atomic mass is 19.1. The number of aldehydes is 1. The van der Waals surface area contributed by atoms with E-state index in [1.54, 1.807) is 36.4 Å².